The van der Waals surface area contributed by atoms with Crippen molar-refractivity contribution in [1.29, 1.82) is 0 Å². The zero-order valence-electron chi connectivity index (χ0n) is 16.8. The van der Waals surface area contributed by atoms with Crippen LogP contribution in [0, 0.1) is 0 Å². The van der Waals surface area contributed by atoms with Gasteiger partial charge in [0, 0.05) is 27.7 Å². The number of hydrogen-bond donors (Lipinski definition) is 1. The number of amides is 1. The second-order valence-corrected chi connectivity index (χ2v) is 7.83. The summed E-state index contributed by atoms with van der Waals surface area (Å²) in [5, 5.41) is 1.14. The third-order valence-electron chi connectivity index (χ3n) is 6.08. The summed E-state index contributed by atoms with van der Waals surface area (Å²) in [6.07, 6.45) is 0. The minimum absolute atomic E-state index is 0.0380. The Kier molecular flexibility index (Phi) is 4.00. The van der Waals surface area contributed by atoms with Gasteiger partial charge < -0.3 is 4.98 Å². The van der Waals surface area contributed by atoms with Crippen LogP contribution in [0.4, 0.5) is 5.69 Å². The highest BCUT2D eigenvalue weighted by Crippen LogP contribution is 2.47. The lowest BCUT2D eigenvalue weighted by Gasteiger charge is -2.27. The van der Waals surface area contributed by atoms with Crippen LogP contribution < -0.4 is 4.90 Å². The maximum absolute atomic E-state index is 13.6. The molecule has 1 aromatic heterocycles. The molecule has 6 rings (SSSR count). The van der Waals surface area contributed by atoms with E-state index in [0.717, 1.165) is 44.5 Å². The first-order valence-corrected chi connectivity index (χ1v) is 10.5. The number of fused-ring (bicyclic) bond motifs is 2. The smallest absolute Gasteiger partial charge is 0.259 e. The number of anilines is 1. The molecule has 148 valence electrons. The molecule has 5 aromatic rings. The van der Waals surface area contributed by atoms with Gasteiger partial charge in [0.05, 0.1) is 11.7 Å². The van der Waals surface area contributed by atoms with E-state index in [1.54, 1.807) is 0 Å². The summed E-state index contributed by atoms with van der Waals surface area (Å²) >= 11 is 0. The summed E-state index contributed by atoms with van der Waals surface area (Å²) in [5.74, 6) is 0.0380. The van der Waals surface area contributed by atoms with E-state index in [1.807, 2.05) is 77.7 Å². The number of rotatable bonds is 3. The van der Waals surface area contributed by atoms with E-state index < -0.39 is 0 Å². The van der Waals surface area contributed by atoms with Crippen LogP contribution >= 0.6 is 0 Å². The summed E-state index contributed by atoms with van der Waals surface area (Å²) in [6, 6.07) is 36.4. The van der Waals surface area contributed by atoms with Crippen molar-refractivity contribution in [3.63, 3.8) is 0 Å². The third kappa shape index (κ3) is 2.71. The Labute approximate surface area is 180 Å². The molecule has 3 nitrogen and oxygen atoms in total. The van der Waals surface area contributed by atoms with Crippen LogP contribution in [-0.4, -0.2) is 10.9 Å². The molecule has 0 spiro atoms. The fourth-order valence-electron chi connectivity index (χ4n) is 4.74. The van der Waals surface area contributed by atoms with Crippen LogP contribution in [0.5, 0.6) is 0 Å². The first-order valence-electron chi connectivity index (χ1n) is 10.5. The molecule has 0 fully saturated rings. The third-order valence-corrected chi connectivity index (χ3v) is 6.08. The van der Waals surface area contributed by atoms with Crippen molar-refractivity contribution < 1.29 is 4.79 Å². The van der Waals surface area contributed by atoms with Crippen molar-refractivity contribution in [1.82, 2.24) is 4.98 Å². The number of aromatic amines is 1. The van der Waals surface area contributed by atoms with Gasteiger partial charge in [-0.25, -0.2) is 0 Å². The fraction of sp³-hybridized carbons (Fsp3) is 0.0357. The number of benzene rings is 4. The maximum Gasteiger partial charge on any atom is 0.259 e. The summed E-state index contributed by atoms with van der Waals surface area (Å²) < 4.78 is 0. The Morgan fingerprint density at radius 1 is 0.677 bits per heavy atom. The van der Waals surface area contributed by atoms with Crippen molar-refractivity contribution in [2.75, 3.05) is 4.90 Å². The van der Waals surface area contributed by atoms with Crippen LogP contribution in [0.25, 0.3) is 22.2 Å². The molecule has 31 heavy (non-hydrogen) atoms. The number of H-pyrrole nitrogens is 1. The molecule has 1 aliphatic heterocycles. The van der Waals surface area contributed by atoms with Gasteiger partial charge >= 0.3 is 0 Å². The molecule has 1 amide bonds. The highest BCUT2D eigenvalue weighted by Gasteiger charge is 2.40. The number of aromatic nitrogens is 1. The Morgan fingerprint density at radius 2 is 1.32 bits per heavy atom. The summed E-state index contributed by atoms with van der Waals surface area (Å²) in [4.78, 5) is 19.2. The predicted octanol–water partition coefficient (Wildman–Crippen LogP) is 6.58. The molecule has 1 aliphatic rings. The maximum atomic E-state index is 13.6. The van der Waals surface area contributed by atoms with Crippen LogP contribution in [0.1, 0.15) is 27.5 Å². The van der Waals surface area contributed by atoms with Crippen LogP contribution in [0.2, 0.25) is 0 Å². The quantitative estimate of drug-likeness (QED) is 0.365. The Hall–Kier alpha value is -4.11. The van der Waals surface area contributed by atoms with Gasteiger partial charge in [-0.2, -0.15) is 0 Å². The molecule has 0 radical (unpaired) electrons. The van der Waals surface area contributed by atoms with Gasteiger partial charge in [-0.05, 0) is 35.4 Å². The molecule has 1 N–H and O–H groups in total. The number of carbonyl (C=O) groups excluding carboxylic acids is 1. The highest BCUT2D eigenvalue weighted by molar-refractivity contribution is 6.13. The fourth-order valence-corrected chi connectivity index (χ4v) is 4.74. The lowest BCUT2D eigenvalue weighted by Crippen LogP contribution is -2.28. The van der Waals surface area contributed by atoms with E-state index in [9.17, 15) is 4.79 Å². The van der Waals surface area contributed by atoms with Crippen molar-refractivity contribution in [3.8, 4) is 11.3 Å². The Morgan fingerprint density at radius 3 is 2.13 bits per heavy atom. The predicted molar refractivity (Wildman–Crippen MR) is 125 cm³/mol. The van der Waals surface area contributed by atoms with Crippen molar-refractivity contribution >= 4 is 22.5 Å². The van der Waals surface area contributed by atoms with E-state index >= 15 is 0 Å². The van der Waals surface area contributed by atoms with Gasteiger partial charge in [-0.1, -0.05) is 84.9 Å². The monoisotopic (exact) mass is 400 g/mol. The minimum Gasteiger partial charge on any atom is -0.354 e. The van der Waals surface area contributed by atoms with Gasteiger partial charge in [-0.15, -0.1) is 0 Å². The average molecular weight is 400 g/mol. The molecule has 1 unspecified atom stereocenters. The topological polar surface area (TPSA) is 36.1 Å². The molecule has 1 atom stereocenters. The zero-order valence-corrected chi connectivity index (χ0v) is 16.8. The number of nitrogens with zero attached hydrogens (tertiary/aromatic N) is 1. The number of nitrogens with one attached hydrogen (secondary N) is 1. The van der Waals surface area contributed by atoms with E-state index in [0.29, 0.717) is 0 Å². The minimum atomic E-state index is -0.211. The molecular formula is C28H20N2O. The van der Waals surface area contributed by atoms with Crippen molar-refractivity contribution in [3.05, 3.63) is 126 Å². The molecule has 2 heterocycles. The molecular weight excluding hydrogens is 380 g/mol. The van der Waals surface area contributed by atoms with Gasteiger partial charge in [0.1, 0.15) is 0 Å². The first kappa shape index (κ1) is 17.7. The van der Waals surface area contributed by atoms with E-state index in [-0.39, 0.29) is 11.9 Å². The van der Waals surface area contributed by atoms with Crippen LogP contribution in [-0.2, 0) is 0 Å². The second-order valence-electron chi connectivity index (χ2n) is 7.83. The average Bonchev–Trinajstić information content (AvgIpc) is 3.35. The van der Waals surface area contributed by atoms with Gasteiger partial charge in [0.2, 0.25) is 0 Å². The zero-order chi connectivity index (χ0) is 20.8. The van der Waals surface area contributed by atoms with E-state index in [2.05, 4.69) is 41.4 Å². The summed E-state index contributed by atoms with van der Waals surface area (Å²) in [5.41, 5.74) is 7.07. The number of carbonyl (C=O) groups is 1. The first-order chi connectivity index (χ1) is 15.3. The molecule has 0 bridgehead atoms. The van der Waals surface area contributed by atoms with E-state index in [1.165, 1.54) is 0 Å². The standard InChI is InChI=1S/C28H20N2O/c31-28-22-16-8-7-15-21(22)27(30(28)20-13-5-2-6-14-20)25-23-17-9-10-18-24(23)29-26(25)19-11-3-1-4-12-19/h1-18,27,29H. The normalized spacial score (nSPS) is 15.4. The van der Waals surface area contributed by atoms with Crippen LogP contribution in [0.3, 0.4) is 0 Å². The summed E-state index contributed by atoms with van der Waals surface area (Å²) in [6.45, 7) is 0. The molecule has 4 aromatic carbocycles. The highest BCUT2D eigenvalue weighted by atomic mass is 16.2. The van der Waals surface area contributed by atoms with Gasteiger partial charge in [-0.3, -0.25) is 9.69 Å². The van der Waals surface area contributed by atoms with E-state index in [4.69, 9.17) is 0 Å². The largest absolute Gasteiger partial charge is 0.354 e. The lowest BCUT2D eigenvalue weighted by atomic mass is 9.93. The number of hydrogen-bond acceptors (Lipinski definition) is 1. The van der Waals surface area contributed by atoms with Crippen molar-refractivity contribution in [2.45, 2.75) is 6.04 Å². The van der Waals surface area contributed by atoms with Gasteiger partial charge in [0.25, 0.3) is 5.91 Å². The Balaban J connectivity index is 1.68. The Bertz CT molecular complexity index is 1400. The van der Waals surface area contributed by atoms with Crippen LogP contribution in [0.15, 0.2) is 109 Å². The molecule has 0 saturated carbocycles. The molecule has 0 saturated heterocycles. The number of para-hydroxylation sites is 2. The SMILES string of the molecule is O=C1c2ccccc2C(c2c(-c3ccccc3)[nH]c3ccccc23)N1c1ccccc1. The second kappa shape index (κ2) is 6.99. The van der Waals surface area contributed by atoms with Gasteiger partial charge in [0.15, 0.2) is 0 Å². The molecule has 3 heteroatoms. The van der Waals surface area contributed by atoms with Crippen molar-refractivity contribution in [2.24, 2.45) is 0 Å². The molecule has 0 aliphatic carbocycles. The summed E-state index contributed by atoms with van der Waals surface area (Å²) in [7, 11) is 0. The lowest BCUT2D eigenvalue weighted by molar-refractivity contribution is 0.0993.